The Kier molecular flexibility index (Phi) is 3.18. The Morgan fingerprint density at radius 3 is 2.12 bits per heavy atom. The molecule has 0 aromatic heterocycles. The van der Waals surface area contributed by atoms with Gasteiger partial charge in [0.15, 0.2) is 6.67 Å². The Balaban J connectivity index is 3.57. The molecule has 0 aromatic carbocycles. The summed E-state index contributed by atoms with van der Waals surface area (Å²) in [6, 6.07) is -0.421. The second kappa shape index (κ2) is 3.43. The minimum Gasteiger partial charge on any atom is -0.310 e. The largest absolute Gasteiger partial charge is 0.310 e. The molecule has 0 spiro atoms. The molecule has 1 unspecified atom stereocenters. The van der Waals surface area contributed by atoms with Crippen molar-refractivity contribution >= 4 is 0 Å². The fraction of sp³-hybridized carbons (Fsp3) is 0.833. The predicted octanol–water partition coefficient (Wildman–Crippen LogP) is 1.90. The monoisotopic (exact) mass is 115 g/mol. The van der Waals surface area contributed by atoms with Crippen LogP contribution in [0.4, 0.5) is 4.39 Å². The van der Waals surface area contributed by atoms with E-state index in [1.54, 1.807) is 0 Å². The fourth-order valence-electron chi connectivity index (χ4n) is 0.362. The van der Waals surface area contributed by atoms with Crippen LogP contribution in [0.25, 0.3) is 4.85 Å². The zero-order chi connectivity index (χ0) is 6.57. The summed E-state index contributed by atoms with van der Waals surface area (Å²) in [6.07, 6.45) is 0. The molecule has 0 aliphatic carbocycles. The minimum absolute atomic E-state index is 0.150. The SMILES string of the molecule is [C-]#[N+]C(CF)C(C)C. The van der Waals surface area contributed by atoms with E-state index in [4.69, 9.17) is 6.57 Å². The average molecular weight is 115 g/mol. The molecule has 0 amide bonds. The normalized spacial score (nSPS) is 13.4. The fourth-order valence-corrected chi connectivity index (χ4v) is 0.362. The maximum atomic E-state index is 11.7. The van der Waals surface area contributed by atoms with Gasteiger partial charge in [0.05, 0.1) is 0 Å². The quantitative estimate of drug-likeness (QED) is 0.484. The Morgan fingerprint density at radius 2 is 2.12 bits per heavy atom. The van der Waals surface area contributed by atoms with Gasteiger partial charge in [0, 0.05) is 5.92 Å². The van der Waals surface area contributed by atoms with Gasteiger partial charge in [0.1, 0.15) is 0 Å². The lowest BCUT2D eigenvalue weighted by Gasteiger charge is -2.01. The number of hydrogen-bond donors (Lipinski definition) is 0. The molecule has 0 fully saturated rings. The molecule has 8 heavy (non-hydrogen) atoms. The number of alkyl halides is 1. The number of hydrogen-bond acceptors (Lipinski definition) is 0. The van der Waals surface area contributed by atoms with E-state index in [1.165, 1.54) is 0 Å². The zero-order valence-electron chi connectivity index (χ0n) is 5.19. The van der Waals surface area contributed by atoms with E-state index >= 15 is 0 Å². The molecule has 0 saturated carbocycles. The van der Waals surface area contributed by atoms with Gasteiger partial charge >= 0.3 is 0 Å². The van der Waals surface area contributed by atoms with Crippen LogP contribution < -0.4 is 0 Å². The van der Waals surface area contributed by atoms with Crippen molar-refractivity contribution in [2.75, 3.05) is 6.67 Å². The van der Waals surface area contributed by atoms with E-state index < -0.39 is 12.7 Å². The van der Waals surface area contributed by atoms with Crippen molar-refractivity contribution in [1.82, 2.24) is 0 Å². The topological polar surface area (TPSA) is 4.36 Å². The van der Waals surface area contributed by atoms with Gasteiger partial charge < -0.3 is 4.85 Å². The summed E-state index contributed by atoms with van der Waals surface area (Å²) in [5.41, 5.74) is 0. The maximum absolute atomic E-state index is 11.7. The average Bonchev–Trinajstić information content (AvgIpc) is 1.69. The lowest BCUT2D eigenvalue weighted by molar-refractivity contribution is 0.399. The van der Waals surface area contributed by atoms with Crippen LogP contribution in [-0.2, 0) is 0 Å². The molecule has 0 radical (unpaired) electrons. The van der Waals surface area contributed by atoms with E-state index in [1.807, 2.05) is 13.8 Å². The molecule has 0 saturated heterocycles. The summed E-state index contributed by atoms with van der Waals surface area (Å²) >= 11 is 0. The van der Waals surface area contributed by atoms with E-state index in [0.717, 1.165) is 0 Å². The van der Waals surface area contributed by atoms with Gasteiger partial charge in [-0.3, -0.25) is 0 Å². The van der Waals surface area contributed by atoms with Gasteiger partial charge in [-0.15, -0.1) is 0 Å². The summed E-state index contributed by atoms with van der Waals surface area (Å²) in [5, 5.41) is 0. The van der Waals surface area contributed by atoms with Gasteiger partial charge in [-0.2, -0.15) is 0 Å². The molecule has 0 aliphatic rings. The van der Waals surface area contributed by atoms with Crippen molar-refractivity contribution in [2.45, 2.75) is 19.9 Å². The van der Waals surface area contributed by atoms with Gasteiger partial charge in [-0.05, 0) is 0 Å². The molecule has 1 atom stereocenters. The molecule has 0 aliphatic heterocycles. The Labute approximate surface area is 49.3 Å². The number of rotatable bonds is 2. The molecule has 46 valence electrons. The second-order valence-corrected chi connectivity index (χ2v) is 2.09. The molecular weight excluding hydrogens is 105 g/mol. The number of halogens is 1. The highest BCUT2D eigenvalue weighted by molar-refractivity contribution is 4.79. The van der Waals surface area contributed by atoms with E-state index in [9.17, 15) is 4.39 Å². The third-order valence-corrected chi connectivity index (χ3v) is 1.09. The summed E-state index contributed by atoms with van der Waals surface area (Å²) < 4.78 is 11.7. The van der Waals surface area contributed by atoms with Crippen molar-refractivity contribution in [2.24, 2.45) is 5.92 Å². The molecule has 0 heterocycles. The van der Waals surface area contributed by atoms with Gasteiger partial charge in [-0.1, -0.05) is 13.8 Å². The van der Waals surface area contributed by atoms with Crippen LogP contribution in [0.1, 0.15) is 13.8 Å². The summed E-state index contributed by atoms with van der Waals surface area (Å²) in [6.45, 7) is 9.66. The van der Waals surface area contributed by atoms with Crippen LogP contribution in [0.5, 0.6) is 0 Å². The Hall–Kier alpha value is -0.580. The molecule has 0 rings (SSSR count). The standard InChI is InChI=1S/C6H10FN/c1-5(2)6(4-7)8-3/h5-6H,4H2,1-2H3. The van der Waals surface area contributed by atoms with Crippen LogP contribution >= 0.6 is 0 Å². The van der Waals surface area contributed by atoms with Crippen molar-refractivity contribution in [3.05, 3.63) is 11.4 Å². The van der Waals surface area contributed by atoms with Crippen molar-refractivity contribution < 1.29 is 4.39 Å². The first-order chi connectivity index (χ1) is 3.72. The van der Waals surface area contributed by atoms with Crippen LogP contribution in [0.15, 0.2) is 0 Å². The van der Waals surface area contributed by atoms with E-state index in [0.29, 0.717) is 0 Å². The van der Waals surface area contributed by atoms with Gasteiger partial charge in [-0.25, -0.2) is 11.0 Å². The van der Waals surface area contributed by atoms with Gasteiger partial charge in [0.2, 0.25) is 0 Å². The molecule has 1 nitrogen and oxygen atoms in total. The zero-order valence-corrected chi connectivity index (χ0v) is 5.19. The van der Waals surface area contributed by atoms with E-state index in [2.05, 4.69) is 4.85 Å². The Morgan fingerprint density at radius 1 is 1.62 bits per heavy atom. The molecule has 0 N–H and O–H groups in total. The van der Waals surface area contributed by atoms with Crippen molar-refractivity contribution in [3.63, 3.8) is 0 Å². The first kappa shape index (κ1) is 7.42. The van der Waals surface area contributed by atoms with Crippen LogP contribution in [0.2, 0.25) is 0 Å². The predicted molar refractivity (Wildman–Crippen MR) is 31.2 cm³/mol. The molecule has 0 bridgehead atoms. The first-order valence-electron chi connectivity index (χ1n) is 2.65. The highest BCUT2D eigenvalue weighted by atomic mass is 19.1. The van der Waals surface area contributed by atoms with Crippen LogP contribution in [-0.4, -0.2) is 12.7 Å². The summed E-state index contributed by atoms with van der Waals surface area (Å²) in [4.78, 5) is 3.08. The van der Waals surface area contributed by atoms with Gasteiger partial charge in [0.25, 0.3) is 6.04 Å². The van der Waals surface area contributed by atoms with Crippen LogP contribution in [0.3, 0.4) is 0 Å². The lowest BCUT2D eigenvalue weighted by Crippen LogP contribution is -2.12. The third-order valence-electron chi connectivity index (χ3n) is 1.09. The summed E-state index contributed by atoms with van der Waals surface area (Å²) in [7, 11) is 0. The Bertz CT molecular complexity index is 93.2. The lowest BCUT2D eigenvalue weighted by atomic mass is 10.1. The highest BCUT2D eigenvalue weighted by Gasteiger charge is 2.15. The smallest absolute Gasteiger partial charge is 0.253 e. The first-order valence-corrected chi connectivity index (χ1v) is 2.65. The summed E-state index contributed by atoms with van der Waals surface area (Å²) in [5.74, 6) is 0.150. The second-order valence-electron chi connectivity index (χ2n) is 2.09. The number of nitrogens with zero attached hydrogens (tertiary/aromatic N) is 1. The molecule has 0 aromatic rings. The molecular formula is C6H10FN. The maximum Gasteiger partial charge on any atom is 0.253 e. The third kappa shape index (κ3) is 1.92. The van der Waals surface area contributed by atoms with Crippen molar-refractivity contribution in [3.8, 4) is 0 Å². The van der Waals surface area contributed by atoms with E-state index in [-0.39, 0.29) is 5.92 Å². The molecule has 2 heteroatoms. The highest BCUT2D eigenvalue weighted by Crippen LogP contribution is 2.05. The minimum atomic E-state index is -0.513. The van der Waals surface area contributed by atoms with Crippen molar-refractivity contribution in [1.29, 1.82) is 0 Å². The van der Waals surface area contributed by atoms with Crippen LogP contribution in [0, 0.1) is 12.5 Å².